The molecule has 0 saturated carbocycles. The largest absolute Gasteiger partial charge is 0.505 e. The first kappa shape index (κ1) is 21.4. The van der Waals surface area contributed by atoms with Crippen LogP contribution in [0.25, 0.3) is 11.1 Å². The summed E-state index contributed by atoms with van der Waals surface area (Å²) < 4.78 is 5.03. The Balaban J connectivity index is 1.76. The first-order chi connectivity index (χ1) is 14.3. The van der Waals surface area contributed by atoms with Crippen molar-refractivity contribution in [2.45, 2.75) is 25.4 Å². The van der Waals surface area contributed by atoms with Crippen LogP contribution in [0.3, 0.4) is 0 Å². The lowest BCUT2D eigenvalue weighted by Gasteiger charge is -2.20. The number of carboxylic acids is 1. The van der Waals surface area contributed by atoms with Crippen molar-refractivity contribution in [2.24, 2.45) is 0 Å². The van der Waals surface area contributed by atoms with Crippen molar-refractivity contribution in [3.8, 4) is 16.9 Å². The number of aliphatic carboxylic acids is 1. The minimum absolute atomic E-state index is 0.0728. The van der Waals surface area contributed by atoms with E-state index in [1.807, 2.05) is 42.5 Å². The predicted octanol–water partition coefficient (Wildman–Crippen LogP) is 3.92. The van der Waals surface area contributed by atoms with Crippen molar-refractivity contribution >= 4 is 29.4 Å². The summed E-state index contributed by atoms with van der Waals surface area (Å²) in [4.78, 5) is 23.9. The number of furan rings is 1. The van der Waals surface area contributed by atoms with Crippen LogP contribution in [0.5, 0.6) is 5.75 Å². The molecule has 0 saturated heterocycles. The van der Waals surface area contributed by atoms with Crippen molar-refractivity contribution < 1.29 is 24.2 Å². The Labute approximate surface area is 178 Å². The second-order valence-corrected chi connectivity index (χ2v) is 7.29. The fourth-order valence-electron chi connectivity index (χ4n) is 2.94. The molecule has 2 atom stereocenters. The molecule has 8 heteroatoms. The van der Waals surface area contributed by atoms with Crippen LogP contribution in [0.1, 0.15) is 12.5 Å². The smallest absolute Gasteiger partial charge is 0.320 e. The quantitative estimate of drug-likeness (QED) is 0.432. The summed E-state index contributed by atoms with van der Waals surface area (Å²) in [7, 11) is 0. The summed E-state index contributed by atoms with van der Waals surface area (Å²) in [6.07, 6.45) is 1.35. The van der Waals surface area contributed by atoms with Crippen molar-refractivity contribution in [1.82, 2.24) is 5.32 Å². The van der Waals surface area contributed by atoms with Gasteiger partial charge in [0, 0.05) is 11.1 Å². The molecule has 2 aromatic carbocycles. The zero-order valence-electron chi connectivity index (χ0n) is 16.1. The summed E-state index contributed by atoms with van der Waals surface area (Å²) in [6.45, 7) is 1.46. The molecule has 0 aliphatic heterocycles. The molecule has 0 radical (unpaired) electrons. The topological polar surface area (TPSA) is 112 Å². The summed E-state index contributed by atoms with van der Waals surface area (Å²) in [5, 5.41) is 24.5. The highest BCUT2D eigenvalue weighted by Crippen LogP contribution is 2.24. The molecule has 30 heavy (non-hydrogen) atoms. The van der Waals surface area contributed by atoms with Crippen LogP contribution in [-0.2, 0) is 16.0 Å². The first-order valence-corrected chi connectivity index (χ1v) is 9.61. The van der Waals surface area contributed by atoms with Gasteiger partial charge in [-0.15, -0.1) is 0 Å². The van der Waals surface area contributed by atoms with Crippen LogP contribution in [0.2, 0.25) is 5.02 Å². The molecule has 0 aliphatic rings. The van der Waals surface area contributed by atoms with E-state index in [-0.39, 0.29) is 18.1 Å². The predicted molar refractivity (Wildman–Crippen MR) is 114 cm³/mol. The second kappa shape index (κ2) is 9.47. The lowest BCUT2D eigenvalue weighted by Crippen LogP contribution is -2.48. The number of hydrogen-bond donors (Lipinski definition) is 4. The van der Waals surface area contributed by atoms with Gasteiger partial charge in [0.1, 0.15) is 12.3 Å². The molecule has 0 unspecified atom stereocenters. The second-order valence-electron chi connectivity index (χ2n) is 6.85. The number of benzene rings is 2. The Morgan fingerprint density at radius 2 is 1.83 bits per heavy atom. The van der Waals surface area contributed by atoms with Gasteiger partial charge in [-0.3, -0.25) is 20.2 Å². The fraction of sp³-hybridized carbons (Fsp3) is 0.182. The average molecular weight is 429 g/mol. The highest BCUT2D eigenvalue weighted by molar-refractivity contribution is 6.30. The Kier molecular flexibility index (Phi) is 6.76. The van der Waals surface area contributed by atoms with Gasteiger partial charge in [0.15, 0.2) is 5.75 Å². The molecule has 0 spiro atoms. The Hall–Kier alpha value is -3.29. The van der Waals surface area contributed by atoms with Crippen molar-refractivity contribution in [3.63, 3.8) is 0 Å². The number of hydrogen-bond acceptors (Lipinski definition) is 5. The van der Waals surface area contributed by atoms with Gasteiger partial charge in [-0.05, 0) is 42.2 Å². The van der Waals surface area contributed by atoms with Gasteiger partial charge in [-0.1, -0.05) is 48.0 Å². The zero-order valence-corrected chi connectivity index (χ0v) is 16.9. The molecular formula is C22H21ClN2O5. The number of carboxylic acid groups (broad SMARTS) is 1. The highest BCUT2D eigenvalue weighted by atomic mass is 35.5. The third-order valence-electron chi connectivity index (χ3n) is 4.52. The number of aromatic hydroxyl groups is 1. The number of rotatable bonds is 8. The van der Waals surface area contributed by atoms with Gasteiger partial charge in [0.25, 0.3) is 0 Å². The van der Waals surface area contributed by atoms with Gasteiger partial charge in [0.05, 0.1) is 6.04 Å². The number of carbonyl (C=O) groups excluding carboxylic acids is 1. The minimum Gasteiger partial charge on any atom is -0.505 e. The third kappa shape index (κ3) is 5.62. The first-order valence-electron chi connectivity index (χ1n) is 9.24. The molecule has 4 N–H and O–H groups in total. The Morgan fingerprint density at radius 3 is 2.43 bits per heavy atom. The normalized spacial score (nSPS) is 12.9. The van der Waals surface area contributed by atoms with E-state index in [9.17, 15) is 19.8 Å². The van der Waals surface area contributed by atoms with Crippen molar-refractivity contribution in [3.05, 3.63) is 71.4 Å². The van der Waals surface area contributed by atoms with Crippen LogP contribution >= 0.6 is 11.6 Å². The lowest BCUT2D eigenvalue weighted by molar-refractivity contribution is -0.139. The molecule has 1 amide bonds. The number of carbonyl (C=O) groups is 2. The molecule has 156 valence electrons. The summed E-state index contributed by atoms with van der Waals surface area (Å²) in [5.41, 5.74) is 2.78. The van der Waals surface area contributed by atoms with E-state index in [1.165, 1.54) is 13.0 Å². The van der Waals surface area contributed by atoms with Crippen LogP contribution in [0, 0.1) is 0 Å². The summed E-state index contributed by atoms with van der Waals surface area (Å²) in [6, 6.07) is 14.6. The van der Waals surface area contributed by atoms with Crippen LogP contribution in [0.15, 0.2) is 65.3 Å². The zero-order chi connectivity index (χ0) is 21.7. The molecular weight excluding hydrogens is 408 g/mol. The van der Waals surface area contributed by atoms with E-state index in [2.05, 4.69) is 10.6 Å². The van der Waals surface area contributed by atoms with Crippen LogP contribution < -0.4 is 10.6 Å². The molecule has 7 nitrogen and oxygen atoms in total. The maximum absolute atomic E-state index is 12.7. The number of halogens is 1. The molecule has 1 aromatic heterocycles. The lowest BCUT2D eigenvalue weighted by atomic mass is 10.00. The standard InChI is InChI=1S/C22H21ClN2O5/c1-13(22(28)29)24-19(21(27)25-20-11-18(26)12-30-20)9-14-5-7-15(8-6-14)16-3-2-4-17(23)10-16/h2-8,10-13,19,24,26H,9H2,1H3,(H,25,27)(H,28,29)/t13-,19-/m0/s1. The number of nitrogens with one attached hydrogen (secondary N) is 2. The van der Waals surface area contributed by atoms with E-state index in [4.69, 9.17) is 16.0 Å². The molecule has 1 heterocycles. The number of anilines is 1. The Morgan fingerprint density at radius 1 is 1.10 bits per heavy atom. The van der Waals surface area contributed by atoms with E-state index in [1.54, 1.807) is 6.07 Å². The van der Waals surface area contributed by atoms with E-state index in [0.717, 1.165) is 23.0 Å². The van der Waals surface area contributed by atoms with Crippen LogP contribution in [-0.4, -0.2) is 34.2 Å². The summed E-state index contributed by atoms with van der Waals surface area (Å²) >= 11 is 6.05. The SMILES string of the molecule is C[C@H](N[C@@H](Cc1ccc(-c2cccc(Cl)c2)cc1)C(=O)Nc1cc(O)co1)C(=O)O. The number of amides is 1. The average Bonchev–Trinajstić information content (AvgIpc) is 3.12. The minimum atomic E-state index is -1.07. The van der Waals surface area contributed by atoms with Gasteiger partial charge >= 0.3 is 5.97 Å². The van der Waals surface area contributed by atoms with Crippen molar-refractivity contribution in [1.29, 1.82) is 0 Å². The van der Waals surface area contributed by atoms with Gasteiger partial charge in [0.2, 0.25) is 11.8 Å². The molecule has 3 aromatic rings. The van der Waals surface area contributed by atoms with E-state index in [0.29, 0.717) is 5.02 Å². The van der Waals surface area contributed by atoms with Gasteiger partial charge in [-0.25, -0.2) is 0 Å². The highest BCUT2D eigenvalue weighted by Gasteiger charge is 2.24. The molecule has 0 aliphatic carbocycles. The third-order valence-corrected chi connectivity index (χ3v) is 4.76. The van der Waals surface area contributed by atoms with Crippen molar-refractivity contribution in [2.75, 3.05) is 5.32 Å². The molecule has 0 fully saturated rings. The van der Waals surface area contributed by atoms with E-state index < -0.39 is 24.0 Å². The maximum Gasteiger partial charge on any atom is 0.320 e. The Bertz CT molecular complexity index is 1030. The monoisotopic (exact) mass is 428 g/mol. The fourth-order valence-corrected chi connectivity index (χ4v) is 3.13. The van der Waals surface area contributed by atoms with E-state index >= 15 is 0 Å². The molecule has 3 rings (SSSR count). The van der Waals surface area contributed by atoms with Gasteiger partial charge in [-0.2, -0.15) is 0 Å². The summed E-state index contributed by atoms with van der Waals surface area (Å²) in [5.74, 6) is -1.59. The van der Waals surface area contributed by atoms with Gasteiger partial charge < -0.3 is 14.6 Å². The van der Waals surface area contributed by atoms with Crippen LogP contribution in [0.4, 0.5) is 5.88 Å². The molecule has 0 bridgehead atoms. The maximum atomic E-state index is 12.7.